The number of carbonyl (C=O) groups excluding carboxylic acids is 1. The second-order valence-corrected chi connectivity index (χ2v) is 7.78. The van der Waals surface area contributed by atoms with Crippen LogP contribution in [0.25, 0.3) is 0 Å². The number of halogens is 1. The summed E-state index contributed by atoms with van der Waals surface area (Å²) in [5, 5.41) is 0. The highest BCUT2D eigenvalue weighted by atomic mass is 19.1. The molecule has 142 valence electrons. The zero-order valence-electron chi connectivity index (χ0n) is 15.2. The second-order valence-electron chi connectivity index (χ2n) is 7.78. The van der Waals surface area contributed by atoms with Gasteiger partial charge in [-0.15, -0.1) is 0 Å². The lowest BCUT2D eigenvalue weighted by Crippen LogP contribution is -2.65. The van der Waals surface area contributed by atoms with Crippen molar-refractivity contribution in [1.29, 1.82) is 0 Å². The smallest absolute Gasteiger partial charge is 0.248 e. The van der Waals surface area contributed by atoms with Crippen LogP contribution in [0.15, 0.2) is 24.3 Å². The summed E-state index contributed by atoms with van der Waals surface area (Å²) >= 11 is 0. The first kappa shape index (κ1) is 17.9. The van der Waals surface area contributed by atoms with Crippen molar-refractivity contribution in [3.63, 3.8) is 0 Å². The summed E-state index contributed by atoms with van der Waals surface area (Å²) in [4.78, 5) is 16.2. The number of hydrogen-bond donors (Lipinski definition) is 0. The minimum atomic E-state index is -0.190. The Morgan fingerprint density at radius 2 is 2.04 bits per heavy atom. The van der Waals surface area contributed by atoms with E-state index in [1.807, 2.05) is 17.0 Å². The molecule has 0 aromatic heterocycles. The third-order valence-electron chi connectivity index (χ3n) is 5.72. The van der Waals surface area contributed by atoms with E-state index in [2.05, 4.69) is 4.90 Å². The van der Waals surface area contributed by atoms with Gasteiger partial charge in [0.05, 0.1) is 11.7 Å². The number of carbonyl (C=O) groups is 1. The Kier molecular flexibility index (Phi) is 5.25. The molecule has 1 aromatic rings. The Hall–Kier alpha value is -1.50. The lowest BCUT2D eigenvalue weighted by Gasteiger charge is -2.53. The molecule has 3 fully saturated rings. The van der Waals surface area contributed by atoms with Crippen molar-refractivity contribution in [2.45, 2.75) is 43.9 Å². The second kappa shape index (κ2) is 7.62. The number of benzene rings is 1. The van der Waals surface area contributed by atoms with E-state index in [1.54, 1.807) is 6.07 Å². The van der Waals surface area contributed by atoms with Gasteiger partial charge in [0.1, 0.15) is 12.4 Å². The lowest BCUT2D eigenvalue weighted by atomic mass is 9.84. The van der Waals surface area contributed by atoms with Gasteiger partial charge in [-0.2, -0.15) is 0 Å². The van der Waals surface area contributed by atoms with E-state index in [4.69, 9.17) is 9.47 Å². The summed E-state index contributed by atoms with van der Waals surface area (Å²) in [5.74, 6) is -0.0440. The summed E-state index contributed by atoms with van der Waals surface area (Å²) in [6.07, 6.45) is 3.93. The van der Waals surface area contributed by atoms with Crippen LogP contribution in [-0.4, -0.2) is 66.8 Å². The molecule has 3 saturated heterocycles. The van der Waals surface area contributed by atoms with Crippen molar-refractivity contribution in [3.8, 4) is 0 Å². The van der Waals surface area contributed by atoms with Gasteiger partial charge >= 0.3 is 0 Å². The van der Waals surface area contributed by atoms with Crippen LogP contribution in [0.5, 0.6) is 0 Å². The fourth-order valence-corrected chi connectivity index (χ4v) is 4.34. The van der Waals surface area contributed by atoms with Crippen LogP contribution < -0.4 is 0 Å². The maximum Gasteiger partial charge on any atom is 0.248 e. The molecule has 3 heterocycles. The molecule has 0 saturated carbocycles. The molecule has 0 aliphatic carbocycles. The maximum atomic E-state index is 13.8. The van der Waals surface area contributed by atoms with Crippen LogP contribution >= 0.6 is 0 Å². The van der Waals surface area contributed by atoms with Gasteiger partial charge in [0, 0.05) is 51.3 Å². The molecular weight excluding hydrogens is 335 g/mol. The monoisotopic (exact) mass is 362 g/mol. The predicted octanol–water partition coefficient (Wildman–Crippen LogP) is 2.20. The van der Waals surface area contributed by atoms with E-state index in [-0.39, 0.29) is 30.0 Å². The molecule has 26 heavy (non-hydrogen) atoms. The summed E-state index contributed by atoms with van der Waals surface area (Å²) < 4.78 is 25.7. The molecule has 3 aliphatic rings. The molecule has 0 unspecified atom stereocenters. The zero-order chi connectivity index (χ0) is 18.0. The van der Waals surface area contributed by atoms with Crippen molar-refractivity contribution >= 4 is 5.91 Å². The Bertz CT molecular complexity index is 642. The van der Waals surface area contributed by atoms with Crippen LogP contribution in [-0.2, 0) is 20.8 Å². The van der Waals surface area contributed by atoms with Gasteiger partial charge in [0.2, 0.25) is 5.91 Å². The lowest BCUT2D eigenvalue weighted by molar-refractivity contribution is -0.200. The third-order valence-corrected chi connectivity index (χ3v) is 5.72. The zero-order valence-corrected chi connectivity index (χ0v) is 15.2. The fraction of sp³-hybridized carbons (Fsp3) is 0.650. The van der Waals surface area contributed by atoms with E-state index in [0.717, 1.165) is 57.4 Å². The number of amides is 1. The topological polar surface area (TPSA) is 42.0 Å². The van der Waals surface area contributed by atoms with Gasteiger partial charge < -0.3 is 14.4 Å². The summed E-state index contributed by atoms with van der Waals surface area (Å²) in [7, 11) is 0. The average molecular weight is 362 g/mol. The summed E-state index contributed by atoms with van der Waals surface area (Å²) in [6.45, 7) is 4.77. The molecule has 0 bridgehead atoms. The molecule has 0 radical (unpaired) electrons. The van der Waals surface area contributed by atoms with Crippen molar-refractivity contribution in [2.24, 2.45) is 0 Å². The molecule has 5 nitrogen and oxygen atoms in total. The minimum Gasteiger partial charge on any atom is -0.372 e. The van der Waals surface area contributed by atoms with E-state index in [1.165, 1.54) is 6.07 Å². The summed E-state index contributed by atoms with van der Waals surface area (Å²) in [6, 6.07) is 6.92. The standard InChI is InChI=1S/C20H27FN2O3/c21-18-6-2-1-5-16(18)12-22-14-20(15-22)11-17(7-10-26-20)25-13-19(24)23-8-3-4-9-23/h1-2,5-6,17H,3-4,7-15H2/t17-/m0/s1. The number of likely N-dealkylation sites (tertiary alicyclic amines) is 2. The highest BCUT2D eigenvalue weighted by Gasteiger charge is 2.47. The molecule has 4 rings (SSSR count). The van der Waals surface area contributed by atoms with Crippen LogP contribution in [0.1, 0.15) is 31.2 Å². The Morgan fingerprint density at radius 1 is 1.27 bits per heavy atom. The first-order chi connectivity index (χ1) is 12.6. The SMILES string of the molecule is O=C(CO[C@H]1CCOC2(C1)CN(Cc1ccccc1F)C2)N1CCCC1. The average Bonchev–Trinajstić information content (AvgIpc) is 3.15. The van der Waals surface area contributed by atoms with Gasteiger partial charge in [-0.1, -0.05) is 18.2 Å². The molecule has 1 atom stereocenters. The maximum absolute atomic E-state index is 13.8. The molecule has 3 aliphatic heterocycles. The Labute approximate surface area is 154 Å². The molecule has 0 N–H and O–H groups in total. The normalized spacial score (nSPS) is 25.4. The van der Waals surface area contributed by atoms with Crippen molar-refractivity contribution in [1.82, 2.24) is 9.80 Å². The molecule has 1 aromatic carbocycles. The highest BCUT2D eigenvalue weighted by molar-refractivity contribution is 5.77. The summed E-state index contributed by atoms with van der Waals surface area (Å²) in [5.41, 5.74) is 0.535. The van der Waals surface area contributed by atoms with E-state index < -0.39 is 0 Å². The van der Waals surface area contributed by atoms with Crippen LogP contribution in [0.3, 0.4) is 0 Å². The quantitative estimate of drug-likeness (QED) is 0.805. The first-order valence-electron chi connectivity index (χ1n) is 9.63. The largest absolute Gasteiger partial charge is 0.372 e. The van der Waals surface area contributed by atoms with Crippen molar-refractivity contribution in [3.05, 3.63) is 35.6 Å². The van der Waals surface area contributed by atoms with Crippen molar-refractivity contribution in [2.75, 3.05) is 39.4 Å². The van der Waals surface area contributed by atoms with E-state index >= 15 is 0 Å². The van der Waals surface area contributed by atoms with Gasteiger partial charge in [0.15, 0.2) is 0 Å². The molecule has 6 heteroatoms. The number of hydrogen-bond acceptors (Lipinski definition) is 4. The van der Waals surface area contributed by atoms with Gasteiger partial charge in [-0.3, -0.25) is 9.69 Å². The van der Waals surface area contributed by atoms with E-state index in [9.17, 15) is 9.18 Å². The third kappa shape index (κ3) is 3.92. The number of nitrogens with zero attached hydrogens (tertiary/aromatic N) is 2. The van der Waals surface area contributed by atoms with Gasteiger partial charge in [0.25, 0.3) is 0 Å². The van der Waals surface area contributed by atoms with Crippen molar-refractivity contribution < 1.29 is 18.7 Å². The van der Waals surface area contributed by atoms with Crippen LogP contribution in [0.4, 0.5) is 4.39 Å². The Balaban J connectivity index is 1.24. The van der Waals surface area contributed by atoms with Crippen LogP contribution in [0.2, 0.25) is 0 Å². The molecule has 1 spiro atoms. The number of rotatable bonds is 5. The predicted molar refractivity (Wildman–Crippen MR) is 95.1 cm³/mol. The van der Waals surface area contributed by atoms with E-state index in [0.29, 0.717) is 13.2 Å². The fourth-order valence-electron chi connectivity index (χ4n) is 4.34. The molecule has 1 amide bonds. The Morgan fingerprint density at radius 3 is 2.81 bits per heavy atom. The first-order valence-corrected chi connectivity index (χ1v) is 9.63. The van der Waals surface area contributed by atoms with Gasteiger partial charge in [-0.25, -0.2) is 4.39 Å². The van der Waals surface area contributed by atoms with Crippen LogP contribution in [0, 0.1) is 5.82 Å². The van der Waals surface area contributed by atoms with Gasteiger partial charge in [-0.05, 0) is 25.3 Å². The minimum absolute atomic E-state index is 0.0749. The molecular formula is C20H27FN2O3. The highest BCUT2D eigenvalue weighted by Crippen LogP contribution is 2.36. The number of ether oxygens (including phenoxy) is 2.